The summed E-state index contributed by atoms with van der Waals surface area (Å²) in [7, 11) is 0. The number of aromatic hydroxyl groups is 1. The number of hydrogen-bond acceptors (Lipinski definition) is 2. The van der Waals surface area contributed by atoms with Gasteiger partial charge in [0.05, 0.1) is 12.5 Å². The van der Waals surface area contributed by atoms with Crippen LogP contribution in [0.15, 0.2) is 42.5 Å². The molecule has 0 aliphatic heterocycles. The van der Waals surface area contributed by atoms with E-state index in [1.807, 2.05) is 0 Å². The fourth-order valence-corrected chi connectivity index (χ4v) is 2.02. The van der Waals surface area contributed by atoms with Crippen molar-refractivity contribution in [3.63, 3.8) is 0 Å². The predicted molar refractivity (Wildman–Crippen MR) is 74.7 cm³/mol. The zero-order chi connectivity index (χ0) is 15.4. The summed E-state index contributed by atoms with van der Waals surface area (Å²) in [5.74, 6) is -1.50. The van der Waals surface area contributed by atoms with Crippen LogP contribution < -0.4 is 5.32 Å². The molecule has 5 heteroatoms. The molecule has 2 rings (SSSR count). The summed E-state index contributed by atoms with van der Waals surface area (Å²) in [6.45, 7) is 1.63. The predicted octanol–water partition coefficient (Wildman–Crippen LogP) is 3.09. The van der Waals surface area contributed by atoms with Crippen LogP contribution in [0.25, 0.3) is 0 Å². The molecule has 2 N–H and O–H groups in total. The third kappa shape index (κ3) is 4.02. The lowest BCUT2D eigenvalue weighted by molar-refractivity contribution is -0.121. The van der Waals surface area contributed by atoms with E-state index < -0.39 is 17.7 Å². The van der Waals surface area contributed by atoms with Gasteiger partial charge in [-0.05, 0) is 30.7 Å². The molecule has 0 heterocycles. The number of carbonyl (C=O) groups is 1. The average Bonchev–Trinajstić information content (AvgIpc) is 2.41. The van der Waals surface area contributed by atoms with Gasteiger partial charge in [0.25, 0.3) is 0 Å². The first-order valence-electron chi connectivity index (χ1n) is 6.48. The highest BCUT2D eigenvalue weighted by Gasteiger charge is 2.14. The molecule has 0 saturated carbocycles. The van der Waals surface area contributed by atoms with Gasteiger partial charge < -0.3 is 10.4 Å². The quantitative estimate of drug-likeness (QED) is 0.909. The molecule has 0 saturated heterocycles. The van der Waals surface area contributed by atoms with Crippen molar-refractivity contribution in [3.8, 4) is 5.75 Å². The minimum Gasteiger partial charge on any atom is -0.508 e. The summed E-state index contributed by atoms with van der Waals surface area (Å²) in [5.41, 5.74) is 0.965. The summed E-state index contributed by atoms with van der Waals surface area (Å²) in [6.07, 6.45) is 0.118. The number of nitrogens with one attached hydrogen (secondary N) is 1. The Morgan fingerprint density at radius 3 is 2.48 bits per heavy atom. The van der Waals surface area contributed by atoms with E-state index in [-0.39, 0.29) is 23.6 Å². The zero-order valence-corrected chi connectivity index (χ0v) is 11.4. The maximum Gasteiger partial charge on any atom is 0.224 e. The Labute approximate surface area is 121 Å². The molecule has 0 spiro atoms. The fourth-order valence-electron chi connectivity index (χ4n) is 2.02. The third-order valence-electron chi connectivity index (χ3n) is 3.11. The first-order chi connectivity index (χ1) is 9.95. The topological polar surface area (TPSA) is 49.3 Å². The SMILES string of the molecule is CC(NC(=O)Cc1ccc(O)cc1)c1ccc(F)cc1F. The number of halogens is 2. The summed E-state index contributed by atoms with van der Waals surface area (Å²) >= 11 is 0. The normalized spacial score (nSPS) is 12.0. The van der Waals surface area contributed by atoms with Crippen LogP contribution in [0.3, 0.4) is 0 Å². The largest absolute Gasteiger partial charge is 0.508 e. The number of amides is 1. The highest BCUT2D eigenvalue weighted by atomic mass is 19.1. The average molecular weight is 291 g/mol. The van der Waals surface area contributed by atoms with Crippen molar-refractivity contribution < 1.29 is 18.7 Å². The molecule has 1 amide bonds. The summed E-state index contributed by atoms with van der Waals surface area (Å²) in [6, 6.07) is 8.96. The molecule has 2 aromatic carbocycles. The molecule has 110 valence electrons. The van der Waals surface area contributed by atoms with E-state index >= 15 is 0 Å². The first kappa shape index (κ1) is 15.0. The minimum atomic E-state index is -0.688. The fraction of sp³-hybridized carbons (Fsp3) is 0.188. The number of phenolic OH excluding ortho intramolecular Hbond substituents is 1. The second-order valence-corrected chi connectivity index (χ2v) is 4.80. The third-order valence-corrected chi connectivity index (χ3v) is 3.11. The lowest BCUT2D eigenvalue weighted by Crippen LogP contribution is -2.28. The molecule has 21 heavy (non-hydrogen) atoms. The van der Waals surface area contributed by atoms with Gasteiger partial charge in [-0.25, -0.2) is 8.78 Å². The molecule has 0 aliphatic carbocycles. The van der Waals surface area contributed by atoms with Gasteiger partial charge in [0.2, 0.25) is 5.91 Å². The Bertz CT molecular complexity index is 641. The van der Waals surface area contributed by atoms with Crippen LogP contribution in [0.2, 0.25) is 0 Å². The lowest BCUT2D eigenvalue weighted by Gasteiger charge is -2.15. The van der Waals surface area contributed by atoms with Gasteiger partial charge in [0, 0.05) is 11.6 Å². The molecule has 1 atom stereocenters. The Kier molecular flexibility index (Phi) is 4.52. The standard InChI is InChI=1S/C16H15F2NO2/c1-10(14-7-4-12(17)9-15(14)18)19-16(21)8-11-2-5-13(20)6-3-11/h2-7,9-10,20H,8H2,1H3,(H,19,21). The summed E-state index contributed by atoms with van der Waals surface area (Å²) in [4.78, 5) is 11.9. The summed E-state index contributed by atoms with van der Waals surface area (Å²) in [5, 5.41) is 11.8. The van der Waals surface area contributed by atoms with Crippen LogP contribution >= 0.6 is 0 Å². The van der Waals surface area contributed by atoms with Gasteiger partial charge in [0.1, 0.15) is 17.4 Å². The van der Waals surface area contributed by atoms with Crippen molar-refractivity contribution in [1.82, 2.24) is 5.32 Å². The van der Waals surface area contributed by atoms with E-state index in [1.54, 1.807) is 19.1 Å². The molecular formula is C16H15F2NO2. The molecule has 2 aromatic rings. The van der Waals surface area contributed by atoms with E-state index in [1.165, 1.54) is 18.2 Å². The van der Waals surface area contributed by atoms with Crippen molar-refractivity contribution in [3.05, 3.63) is 65.2 Å². The molecule has 0 radical (unpaired) electrons. The van der Waals surface area contributed by atoms with Gasteiger partial charge in [-0.15, -0.1) is 0 Å². The number of hydrogen-bond donors (Lipinski definition) is 2. The second-order valence-electron chi connectivity index (χ2n) is 4.80. The Morgan fingerprint density at radius 2 is 1.86 bits per heavy atom. The highest BCUT2D eigenvalue weighted by Crippen LogP contribution is 2.18. The number of phenols is 1. The minimum absolute atomic E-state index is 0.118. The monoisotopic (exact) mass is 291 g/mol. The van der Waals surface area contributed by atoms with E-state index in [0.29, 0.717) is 0 Å². The molecular weight excluding hydrogens is 276 g/mol. The van der Waals surface area contributed by atoms with E-state index in [2.05, 4.69) is 5.32 Å². The second kappa shape index (κ2) is 6.35. The van der Waals surface area contributed by atoms with Crippen LogP contribution in [0.1, 0.15) is 24.1 Å². The van der Waals surface area contributed by atoms with Gasteiger partial charge in [-0.1, -0.05) is 18.2 Å². The Hall–Kier alpha value is -2.43. The van der Waals surface area contributed by atoms with Crippen molar-refractivity contribution in [1.29, 1.82) is 0 Å². The van der Waals surface area contributed by atoms with Crippen molar-refractivity contribution in [2.75, 3.05) is 0 Å². The highest BCUT2D eigenvalue weighted by molar-refractivity contribution is 5.79. The van der Waals surface area contributed by atoms with Gasteiger partial charge >= 0.3 is 0 Å². The van der Waals surface area contributed by atoms with Crippen molar-refractivity contribution in [2.24, 2.45) is 0 Å². The molecule has 3 nitrogen and oxygen atoms in total. The smallest absolute Gasteiger partial charge is 0.224 e. The first-order valence-corrected chi connectivity index (χ1v) is 6.48. The Morgan fingerprint density at radius 1 is 1.19 bits per heavy atom. The summed E-state index contributed by atoms with van der Waals surface area (Å²) < 4.78 is 26.4. The molecule has 0 aromatic heterocycles. The van der Waals surface area contributed by atoms with Crippen LogP contribution in [-0.4, -0.2) is 11.0 Å². The van der Waals surface area contributed by atoms with Crippen LogP contribution in [0.5, 0.6) is 5.75 Å². The van der Waals surface area contributed by atoms with E-state index in [9.17, 15) is 13.6 Å². The number of carbonyl (C=O) groups excluding carboxylic acids is 1. The van der Waals surface area contributed by atoms with Crippen LogP contribution in [0, 0.1) is 11.6 Å². The Balaban J connectivity index is 2.00. The maximum absolute atomic E-state index is 13.6. The number of benzene rings is 2. The van der Waals surface area contributed by atoms with Gasteiger partial charge in [0.15, 0.2) is 0 Å². The maximum atomic E-state index is 13.6. The van der Waals surface area contributed by atoms with E-state index in [0.717, 1.165) is 17.7 Å². The molecule has 1 unspecified atom stereocenters. The van der Waals surface area contributed by atoms with Crippen LogP contribution in [-0.2, 0) is 11.2 Å². The zero-order valence-electron chi connectivity index (χ0n) is 11.4. The lowest BCUT2D eigenvalue weighted by atomic mass is 10.1. The molecule has 0 bridgehead atoms. The van der Waals surface area contributed by atoms with Crippen LogP contribution in [0.4, 0.5) is 8.78 Å². The molecule has 0 fully saturated rings. The van der Waals surface area contributed by atoms with Gasteiger partial charge in [-0.2, -0.15) is 0 Å². The van der Waals surface area contributed by atoms with Gasteiger partial charge in [-0.3, -0.25) is 4.79 Å². The number of rotatable bonds is 4. The molecule has 0 aliphatic rings. The van der Waals surface area contributed by atoms with E-state index in [4.69, 9.17) is 5.11 Å². The van der Waals surface area contributed by atoms with Crippen molar-refractivity contribution in [2.45, 2.75) is 19.4 Å². The van der Waals surface area contributed by atoms with Crippen molar-refractivity contribution >= 4 is 5.91 Å².